The van der Waals surface area contributed by atoms with Gasteiger partial charge >= 0.3 is 5.97 Å². The predicted octanol–water partition coefficient (Wildman–Crippen LogP) is 2.55. The maximum absolute atomic E-state index is 12.0. The van der Waals surface area contributed by atoms with Crippen molar-refractivity contribution in [1.82, 2.24) is 4.90 Å². The number of amides is 2. The molecule has 1 fully saturated rings. The van der Waals surface area contributed by atoms with Crippen LogP contribution in [-0.4, -0.2) is 35.7 Å². The zero-order chi connectivity index (χ0) is 14.7. The van der Waals surface area contributed by atoms with Crippen LogP contribution in [0.1, 0.15) is 5.56 Å². The van der Waals surface area contributed by atoms with Gasteiger partial charge in [0, 0.05) is 5.02 Å². The Morgan fingerprint density at radius 2 is 2.20 bits per heavy atom. The Balaban J connectivity index is 2.21. The first-order valence-electron chi connectivity index (χ1n) is 5.59. The number of halogens is 1. The molecule has 5 nitrogen and oxygen atoms in total. The molecule has 20 heavy (non-hydrogen) atoms. The molecule has 1 aromatic rings. The quantitative estimate of drug-likeness (QED) is 0.634. The second-order valence-corrected chi connectivity index (χ2v) is 5.33. The van der Waals surface area contributed by atoms with Gasteiger partial charge in [-0.15, -0.1) is 0 Å². The first-order valence-corrected chi connectivity index (χ1v) is 6.78. The largest absolute Gasteiger partial charge is 0.468 e. The molecule has 1 heterocycles. The van der Waals surface area contributed by atoms with Gasteiger partial charge < -0.3 is 4.74 Å². The fourth-order valence-electron chi connectivity index (χ4n) is 1.58. The van der Waals surface area contributed by atoms with Gasteiger partial charge in [-0.25, -0.2) is 0 Å². The summed E-state index contributed by atoms with van der Waals surface area (Å²) >= 11 is 6.63. The maximum Gasteiger partial charge on any atom is 0.325 e. The number of ether oxygens (including phenoxy) is 1. The Kier molecular flexibility index (Phi) is 4.46. The molecule has 0 saturated carbocycles. The molecule has 7 heteroatoms. The molecule has 1 saturated heterocycles. The van der Waals surface area contributed by atoms with E-state index < -0.39 is 17.1 Å². The van der Waals surface area contributed by atoms with Gasteiger partial charge in [-0.05, 0) is 35.5 Å². The van der Waals surface area contributed by atoms with Crippen LogP contribution in [0.25, 0.3) is 6.08 Å². The van der Waals surface area contributed by atoms with Gasteiger partial charge in [0.25, 0.3) is 11.1 Å². The second-order valence-electron chi connectivity index (χ2n) is 3.90. The highest BCUT2D eigenvalue weighted by Crippen LogP contribution is 2.32. The van der Waals surface area contributed by atoms with Crippen molar-refractivity contribution in [2.75, 3.05) is 13.7 Å². The molecule has 0 aromatic heterocycles. The van der Waals surface area contributed by atoms with E-state index in [0.29, 0.717) is 10.6 Å². The number of rotatable bonds is 3. The number of nitrogens with zero attached hydrogens (tertiary/aromatic N) is 1. The summed E-state index contributed by atoms with van der Waals surface area (Å²) in [6.07, 6.45) is 1.56. The molecule has 0 bridgehead atoms. The molecule has 2 amide bonds. The Morgan fingerprint density at radius 1 is 1.45 bits per heavy atom. The van der Waals surface area contributed by atoms with Crippen molar-refractivity contribution < 1.29 is 19.1 Å². The fraction of sp³-hybridized carbons (Fsp3) is 0.154. The Bertz CT molecular complexity index is 614. The third-order valence-corrected chi connectivity index (χ3v) is 3.68. The van der Waals surface area contributed by atoms with E-state index in [-0.39, 0.29) is 11.4 Å². The standard InChI is InChI=1S/C13H10ClNO4S/c1-19-11(16)7-15-12(17)10(20-13(15)18)6-8-3-2-4-9(14)5-8/h2-6H,7H2,1H3/b10-6-. The summed E-state index contributed by atoms with van der Waals surface area (Å²) in [5, 5.41) is 0.0428. The van der Waals surface area contributed by atoms with E-state index in [1.807, 2.05) is 0 Å². The summed E-state index contributed by atoms with van der Waals surface area (Å²) in [7, 11) is 1.20. The van der Waals surface area contributed by atoms with Crippen LogP contribution in [0.3, 0.4) is 0 Å². The molecule has 0 aliphatic carbocycles. The van der Waals surface area contributed by atoms with Gasteiger partial charge in [0.05, 0.1) is 12.0 Å². The average Bonchev–Trinajstić information content (AvgIpc) is 2.66. The van der Waals surface area contributed by atoms with Crippen molar-refractivity contribution in [3.05, 3.63) is 39.8 Å². The number of carbonyl (C=O) groups is 3. The SMILES string of the molecule is COC(=O)CN1C(=O)S/C(=C\c2cccc(Cl)c2)C1=O. The topological polar surface area (TPSA) is 63.7 Å². The summed E-state index contributed by atoms with van der Waals surface area (Å²) in [4.78, 5) is 36.0. The Hall–Kier alpha value is -1.79. The maximum atomic E-state index is 12.0. The Labute approximate surface area is 124 Å². The molecule has 0 N–H and O–H groups in total. The minimum absolute atomic E-state index is 0.251. The van der Waals surface area contributed by atoms with E-state index in [1.54, 1.807) is 30.3 Å². The molecule has 1 aliphatic heterocycles. The number of imide groups is 1. The van der Waals surface area contributed by atoms with E-state index in [9.17, 15) is 14.4 Å². The van der Waals surface area contributed by atoms with E-state index in [1.165, 1.54) is 7.11 Å². The van der Waals surface area contributed by atoms with E-state index in [0.717, 1.165) is 16.7 Å². The zero-order valence-electron chi connectivity index (χ0n) is 10.5. The summed E-state index contributed by atoms with van der Waals surface area (Å²) in [6, 6.07) is 6.89. The predicted molar refractivity (Wildman–Crippen MR) is 76.1 cm³/mol. The second kappa shape index (κ2) is 6.11. The lowest BCUT2D eigenvalue weighted by Gasteiger charge is -2.09. The fourth-order valence-corrected chi connectivity index (χ4v) is 2.61. The van der Waals surface area contributed by atoms with Crippen LogP contribution in [0.5, 0.6) is 0 Å². The lowest BCUT2D eigenvalue weighted by Crippen LogP contribution is -2.34. The minimum Gasteiger partial charge on any atom is -0.468 e. The number of esters is 1. The van der Waals surface area contributed by atoms with Crippen LogP contribution in [0.15, 0.2) is 29.2 Å². The normalized spacial score (nSPS) is 16.9. The van der Waals surface area contributed by atoms with Gasteiger partial charge in [-0.3, -0.25) is 19.3 Å². The molecular formula is C13H10ClNO4S. The van der Waals surface area contributed by atoms with Crippen molar-refractivity contribution in [3.8, 4) is 0 Å². The summed E-state index contributed by atoms with van der Waals surface area (Å²) in [6.45, 7) is -0.381. The van der Waals surface area contributed by atoms with Crippen LogP contribution in [0.4, 0.5) is 4.79 Å². The number of thioether (sulfide) groups is 1. The number of methoxy groups -OCH3 is 1. The number of hydrogen-bond donors (Lipinski definition) is 0. The monoisotopic (exact) mass is 311 g/mol. The molecular weight excluding hydrogens is 302 g/mol. The number of carbonyl (C=O) groups excluding carboxylic acids is 3. The smallest absolute Gasteiger partial charge is 0.325 e. The molecule has 0 radical (unpaired) electrons. The van der Waals surface area contributed by atoms with E-state index >= 15 is 0 Å². The van der Waals surface area contributed by atoms with E-state index in [4.69, 9.17) is 11.6 Å². The third kappa shape index (κ3) is 3.20. The summed E-state index contributed by atoms with van der Waals surface area (Å²) in [5.74, 6) is -1.15. The summed E-state index contributed by atoms with van der Waals surface area (Å²) < 4.78 is 4.45. The third-order valence-electron chi connectivity index (χ3n) is 2.53. The van der Waals surface area contributed by atoms with Crippen molar-refractivity contribution >= 4 is 46.6 Å². The average molecular weight is 312 g/mol. The highest BCUT2D eigenvalue weighted by molar-refractivity contribution is 8.18. The zero-order valence-corrected chi connectivity index (χ0v) is 12.0. The van der Waals surface area contributed by atoms with Crippen molar-refractivity contribution in [2.24, 2.45) is 0 Å². The molecule has 0 atom stereocenters. The van der Waals surface area contributed by atoms with Crippen molar-refractivity contribution in [2.45, 2.75) is 0 Å². The first-order chi connectivity index (χ1) is 9.51. The van der Waals surface area contributed by atoms with Crippen molar-refractivity contribution in [3.63, 3.8) is 0 Å². The van der Waals surface area contributed by atoms with Gasteiger partial charge in [-0.2, -0.15) is 0 Å². The van der Waals surface area contributed by atoms with Gasteiger partial charge in [0.1, 0.15) is 6.54 Å². The van der Waals surface area contributed by atoms with E-state index in [2.05, 4.69) is 4.74 Å². The molecule has 104 valence electrons. The highest BCUT2D eigenvalue weighted by atomic mass is 35.5. The minimum atomic E-state index is -0.642. The van der Waals surface area contributed by atoms with Crippen molar-refractivity contribution in [1.29, 1.82) is 0 Å². The molecule has 0 spiro atoms. The lowest BCUT2D eigenvalue weighted by atomic mass is 10.2. The lowest BCUT2D eigenvalue weighted by molar-refractivity contribution is -0.143. The molecule has 2 rings (SSSR count). The number of hydrogen-bond acceptors (Lipinski definition) is 5. The van der Waals surface area contributed by atoms with Crippen LogP contribution < -0.4 is 0 Å². The van der Waals surface area contributed by atoms with Gasteiger partial charge in [0.2, 0.25) is 0 Å². The number of benzene rings is 1. The molecule has 0 unspecified atom stereocenters. The van der Waals surface area contributed by atoms with Crippen LogP contribution in [-0.2, 0) is 14.3 Å². The molecule has 1 aliphatic rings. The van der Waals surface area contributed by atoms with Crippen LogP contribution in [0.2, 0.25) is 5.02 Å². The van der Waals surface area contributed by atoms with Crippen LogP contribution >= 0.6 is 23.4 Å². The molecule has 1 aromatic carbocycles. The van der Waals surface area contributed by atoms with Gasteiger partial charge in [-0.1, -0.05) is 23.7 Å². The summed E-state index contributed by atoms with van der Waals surface area (Å²) in [5.41, 5.74) is 0.709. The first kappa shape index (κ1) is 14.6. The Morgan fingerprint density at radius 3 is 2.85 bits per heavy atom. The van der Waals surface area contributed by atoms with Crippen LogP contribution in [0, 0.1) is 0 Å². The highest BCUT2D eigenvalue weighted by Gasteiger charge is 2.36. The van der Waals surface area contributed by atoms with Gasteiger partial charge in [0.15, 0.2) is 0 Å².